The summed E-state index contributed by atoms with van der Waals surface area (Å²) in [5, 5.41) is 10.5. The summed E-state index contributed by atoms with van der Waals surface area (Å²) in [4.78, 5) is 48.5. The van der Waals surface area contributed by atoms with E-state index in [1.807, 2.05) is 34.6 Å². The number of aliphatic hydroxyl groups is 1. The fourth-order valence-corrected chi connectivity index (χ4v) is 7.58. The molecule has 39 heavy (non-hydrogen) atoms. The number of hydrogen-bond acceptors (Lipinski definition) is 5. The van der Waals surface area contributed by atoms with Gasteiger partial charge in [-0.25, -0.2) is 0 Å². The van der Waals surface area contributed by atoms with Crippen LogP contribution in [0.15, 0.2) is 25.3 Å². The molecule has 0 aliphatic carbocycles. The highest BCUT2D eigenvalue weighted by molar-refractivity contribution is 5.99. The van der Waals surface area contributed by atoms with E-state index in [-0.39, 0.29) is 42.2 Å². The molecule has 0 saturated carbocycles. The van der Waals surface area contributed by atoms with Crippen molar-refractivity contribution < 1.29 is 24.2 Å². The average molecular weight is 546 g/mol. The quantitative estimate of drug-likeness (QED) is 0.337. The van der Waals surface area contributed by atoms with E-state index in [2.05, 4.69) is 27.0 Å². The molecule has 3 heterocycles. The second kappa shape index (κ2) is 12.1. The summed E-state index contributed by atoms with van der Waals surface area (Å²) in [5.74, 6) is -2.20. The Bertz CT molecular complexity index is 953. The molecular weight excluding hydrogens is 494 g/mol. The third-order valence-corrected chi connectivity index (χ3v) is 9.57. The van der Waals surface area contributed by atoms with Gasteiger partial charge in [0.1, 0.15) is 11.6 Å². The van der Waals surface area contributed by atoms with Crippen molar-refractivity contribution in [3.63, 3.8) is 0 Å². The van der Waals surface area contributed by atoms with Gasteiger partial charge in [-0.15, -0.1) is 13.2 Å². The number of rotatable bonds is 14. The van der Waals surface area contributed by atoms with Crippen molar-refractivity contribution in [1.29, 1.82) is 0 Å². The standard InChI is InChI=1S/C31H51N3O5/c1-10-14-22(8)33(17-13-4)29(38)26-31-18-21(7)30(9,39-31)24(27(36)32(15-11-2)16-12-3)25(31)28(37)34(26)23(19-35)20(5)6/h11,13,20-26,35H,2,4,10,12,14-19H2,1,3,5-9H3/t21?,22?,23-,24-,25-,26?,30+,31?/m0/s1. The maximum Gasteiger partial charge on any atom is 0.248 e. The summed E-state index contributed by atoms with van der Waals surface area (Å²) in [6.07, 6.45) is 6.43. The second-order valence-electron chi connectivity index (χ2n) is 12.4. The first-order chi connectivity index (χ1) is 18.4. The van der Waals surface area contributed by atoms with Crippen LogP contribution in [0.4, 0.5) is 0 Å². The zero-order valence-electron chi connectivity index (χ0n) is 25.2. The highest BCUT2D eigenvalue weighted by Crippen LogP contribution is 2.66. The molecule has 0 aromatic carbocycles. The zero-order valence-corrected chi connectivity index (χ0v) is 25.2. The average Bonchev–Trinajstić information content (AvgIpc) is 3.39. The van der Waals surface area contributed by atoms with Gasteiger partial charge in [-0.05, 0) is 44.9 Å². The molecule has 1 spiro atoms. The van der Waals surface area contributed by atoms with Crippen LogP contribution >= 0.6 is 0 Å². The van der Waals surface area contributed by atoms with Crippen LogP contribution in [-0.2, 0) is 19.1 Å². The highest BCUT2D eigenvalue weighted by Gasteiger charge is 2.80. The van der Waals surface area contributed by atoms with Crippen LogP contribution in [-0.4, -0.2) is 93.1 Å². The van der Waals surface area contributed by atoms with E-state index in [1.165, 1.54) is 0 Å². The van der Waals surface area contributed by atoms with Crippen molar-refractivity contribution in [2.45, 2.75) is 103 Å². The first-order valence-electron chi connectivity index (χ1n) is 14.9. The van der Waals surface area contributed by atoms with E-state index in [0.29, 0.717) is 26.1 Å². The SMILES string of the molecule is C=CCN(CCC)C(=O)[C@@H]1[C@H]2C(=O)N([C@@H](CO)C(C)C)C(C(=O)N(CC=C)C(C)CCC)C23CC(C)[C@@]1(C)O3. The molecule has 3 aliphatic heterocycles. The summed E-state index contributed by atoms with van der Waals surface area (Å²) in [5.41, 5.74) is -2.01. The van der Waals surface area contributed by atoms with Crippen molar-refractivity contribution in [3.05, 3.63) is 25.3 Å². The van der Waals surface area contributed by atoms with Crippen molar-refractivity contribution >= 4 is 17.7 Å². The molecule has 2 bridgehead atoms. The monoisotopic (exact) mass is 545 g/mol. The predicted molar refractivity (Wildman–Crippen MR) is 153 cm³/mol. The molecule has 220 valence electrons. The summed E-state index contributed by atoms with van der Waals surface area (Å²) in [6.45, 7) is 22.8. The van der Waals surface area contributed by atoms with Crippen molar-refractivity contribution in [2.75, 3.05) is 26.2 Å². The van der Waals surface area contributed by atoms with E-state index in [1.54, 1.807) is 26.9 Å². The smallest absolute Gasteiger partial charge is 0.248 e. The number of ether oxygens (including phenoxy) is 1. The predicted octanol–water partition coefficient (Wildman–Crippen LogP) is 3.64. The van der Waals surface area contributed by atoms with Gasteiger partial charge in [0.2, 0.25) is 17.7 Å². The van der Waals surface area contributed by atoms with Gasteiger partial charge in [0.25, 0.3) is 0 Å². The van der Waals surface area contributed by atoms with Gasteiger partial charge in [0, 0.05) is 25.7 Å². The maximum atomic E-state index is 14.6. The minimum absolute atomic E-state index is 0.0366. The lowest BCUT2D eigenvalue weighted by Crippen LogP contribution is -2.60. The van der Waals surface area contributed by atoms with E-state index in [9.17, 15) is 19.5 Å². The van der Waals surface area contributed by atoms with Crippen LogP contribution < -0.4 is 0 Å². The van der Waals surface area contributed by atoms with Gasteiger partial charge < -0.3 is 24.5 Å². The Labute approximate surface area is 235 Å². The van der Waals surface area contributed by atoms with Crippen LogP contribution in [0.2, 0.25) is 0 Å². The first kappa shape index (κ1) is 31.3. The topological polar surface area (TPSA) is 90.4 Å². The van der Waals surface area contributed by atoms with Gasteiger partial charge in [0.05, 0.1) is 30.1 Å². The van der Waals surface area contributed by atoms with Gasteiger partial charge >= 0.3 is 0 Å². The number of carbonyl (C=O) groups is 3. The van der Waals surface area contributed by atoms with E-state index >= 15 is 0 Å². The maximum absolute atomic E-state index is 14.6. The van der Waals surface area contributed by atoms with Crippen LogP contribution in [0.1, 0.15) is 74.1 Å². The largest absolute Gasteiger partial charge is 0.394 e. The molecule has 3 fully saturated rings. The third-order valence-electron chi connectivity index (χ3n) is 9.57. The first-order valence-corrected chi connectivity index (χ1v) is 14.9. The Balaban J connectivity index is 2.21. The fourth-order valence-electron chi connectivity index (χ4n) is 7.58. The molecule has 8 heteroatoms. The second-order valence-corrected chi connectivity index (χ2v) is 12.4. The molecular formula is C31H51N3O5. The van der Waals surface area contributed by atoms with Crippen LogP contribution in [0, 0.1) is 23.7 Å². The van der Waals surface area contributed by atoms with Gasteiger partial charge in [-0.1, -0.05) is 53.2 Å². The summed E-state index contributed by atoms with van der Waals surface area (Å²) >= 11 is 0. The Hall–Kier alpha value is -2.19. The summed E-state index contributed by atoms with van der Waals surface area (Å²) < 4.78 is 6.91. The lowest BCUT2D eigenvalue weighted by Gasteiger charge is -2.42. The fraction of sp³-hybridized carbons (Fsp3) is 0.774. The van der Waals surface area contributed by atoms with Crippen molar-refractivity contribution in [2.24, 2.45) is 23.7 Å². The van der Waals surface area contributed by atoms with E-state index < -0.39 is 35.1 Å². The number of amides is 3. The lowest BCUT2D eigenvalue weighted by molar-refractivity contribution is -0.159. The molecule has 3 amide bonds. The number of hydrogen-bond donors (Lipinski definition) is 1. The molecule has 4 unspecified atom stereocenters. The molecule has 3 aliphatic rings. The van der Waals surface area contributed by atoms with Gasteiger partial charge in [-0.3, -0.25) is 14.4 Å². The Morgan fingerprint density at radius 3 is 2.31 bits per heavy atom. The molecule has 0 aromatic rings. The van der Waals surface area contributed by atoms with Crippen molar-refractivity contribution in [3.8, 4) is 0 Å². The van der Waals surface area contributed by atoms with Crippen molar-refractivity contribution in [1.82, 2.24) is 14.7 Å². The molecule has 0 radical (unpaired) electrons. The summed E-state index contributed by atoms with van der Waals surface area (Å²) in [7, 11) is 0. The van der Waals surface area contributed by atoms with Crippen LogP contribution in [0.25, 0.3) is 0 Å². The minimum atomic E-state index is -1.14. The zero-order chi connectivity index (χ0) is 29.3. The third kappa shape index (κ3) is 4.96. The lowest BCUT2D eigenvalue weighted by atomic mass is 9.62. The number of fused-ring (bicyclic) bond motifs is 1. The van der Waals surface area contributed by atoms with E-state index in [0.717, 1.165) is 19.3 Å². The number of aliphatic hydroxyl groups excluding tert-OH is 1. The molecule has 3 saturated heterocycles. The van der Waals surface area contributed by atoms with Gasteiger partial charge in [0.15, 0.2) is 0 Å². The molecule has 1 N–H and O–H groups in total. The molecule has 3 rings (SSSR count). The number of nitrogens with zero attached hydrogens (tertiary/aromatic N) is 3. The Morgan fingerprint density at radius 1 is 1.15 bits per heavy atom. The Morgan fingerprint density at radius 2 is 1.79 bits per heavy atom. The normalized spacial score (nSPS) is 32.7. The minimum Gasteiger partial charge on any atom is -0.394 e. The van der Waals surface area contributed by atoms with E-state index in [4.69, 9.17) is 4.74 Å². The number of likely N-dealkylation sites (tertiary alicyclic amines) is 1. The molecule has 8 atom stereocenters. The molecule has 8 nitrogen and oxygen atoms in total. The van der Waals surface area contributed by atoms with Crippen LogP contribution in [0.5, 0.6) is 0 Å². The highest BCUT2D eigenvalue weighted by atomic mass is 16.5. The van der Waals surface area contributed by atoms with Crippen LogP contribution in [0.3, 0.4) is 0 Å². The Kier molecular flexibility index (Phi) is 9.75. The number of carbonyl (C=O) groups excluding carboxylic acids is 3. The van der Waals surface area contributed by atoms with Gasteiger partial charge in [-0.2, -0.15) is 0 Å². The molecule has 0 aromatic heterocycles. The summed E-state index contributed by atoms with van der Waals surface area (Å²) in [6, 6.07) is -1.55.